The fraction of sp³-hybridized carbons (Fsp3) is 0.682. The van der Waals surface area contributed by atoms with Crippen LogP contribution in [0.3, 0.4) is 0 Å². The van der Waals surface area contributed by atoms with Crippen LogP contribution in [0.15, 0.2) is 30.3 Å². The summed E-state index contributed by atoms with van der Waals surface area (Å²) in [6.45, 7) is 9.70. The van der Waals surface area contributed by atoms with Gasteiger partial charge in [-0.25, -0.2) is 0 Å². The van der Waals surface area contributed by atoms with Gasteiger partial charge in [-0.05, 0) is 39.2 Å². The van der Waals surface area contributed by atoms with Crippen LogP contribution in [0.4, 0.5) is 0 Å². The van der Waals surface area contributed by atoms with Crippen LogP contribution in [-0.4, -0.2) is 54.9 Å². The lowest BCUT2D eigenvalue weighted by atomic mass is 9.98. The Balaban J connectivity index is 1.46. The Morgan fingerprint density at radius 3 is 2.45 bits per heavy atom. The SMILES string of the molecule is C[C@@H](CC(=O)O[C@@H]1[C@H]2OC(C)(C)O[C@H]2O[C@@H]1C1COC(C)(C)O1)c1ccccc1. The van der Waals surface area contributed by atoms with Gasteiger partial charge in [0, 0.05) is 0 Å². The van der Waals surface area contributed by atoms with Gasteiger partial charge in [0.2, 0.25) is 0 Å². The molecule has 7 heteroatoms. The summed E-state index contributed by atoms with van der Waals surface area (Å²) in [6, 6.07) is 9.91. The molecule has 3 saturated heterocycles. The molecule has 160 valence electrons. The number of rotatable bonds is 5. The maximum absolute atomic E-state index is 12.8. The summed E-state index contributed by atoms with van der Waals surface area (Å²) in [5.74, 6) is -1.76. The molecule has 1 aromatic rings. The van der Waals surface area contributed by atoms with Gasteiger partial charge in [-0.2, -0.15) is 0 Å². The molecule has 1 unspecified atom stereocenters. The minimum Gasteiger partial charge on any atom is -0.456 e. The van der Waals surface area contributed by atoms with E-state index < -0.39 is 36.2 Å². The van der Waals surface area contributed by atoms with Crippen LogP contribution in [0.5, 0.6) is 0 Å². The van der Waals surface area contributed by atoms with Gasteiger partial charge in [0.05, 0.1) is 13.0 Å². The first-order valence-corrected chi connectivity index (χ1v) is 10.2. The second-order valence-corrected chi connectivity index (χ2v) is 8.91. The van der Waals surface area contributed by atoms with Crippen LogP contribution in [0.1, 0.15) is 52.5 Å². The predicted molar refractivity (Wildman–Crippen MR) is 103 cm³/mol. The molecule has 6 atom stereocenters. The Morgan fingerprint density at radius 1 is 1.07 bits per heavy atom. The van der Waals surface area contributed by atoms with Gasteiger partial charge < -0.3 is 28.4 Å². The largest absolute Gasteiger partial charge is 0.456 e. The third kappa shape index (κ3) is 4.49. The van der Waals surface area contributed by atoms with Crippen molar-refractivity contribution in [1.82, 2.24) is 0 Å². The van der Waals surface area contributed by atoms with E-state index in [-0.39, 0.29) is 24.4 Å². The average molecular weight is 406 g/mol. The number of benzene rings is 1. The van der Waals surface area contributed by atoms with Crippen molar-refractivity contribution >= 4 is 5.97 Å². The molecule has 7 nitrogen and oxygen atoms in total. The van der Waals surface area contributed by atoms with Crippen LogP contribution < -0.4 is 0 Å². The van der Waals surface area contributed by atoms with E-state index in [9.17, 15) is 4.79 Å². The molecule has 4 rings (SSSR count). The fourth-order valence-corrected chi connectivity index (χ4v) is 4.16. The molecule has 0 saturated carbocycles. The van der Waals surface area contributed by atoms with Gasteiger partial charge in [-0.3, -0.25) is 4.79 Å². The van der Waals surface area contributed by atoms with Crippen LogP contribution in [0.2, 0.25) is 0 Å². The number of ether oxygens (including phenoxy) is 6. The molecule has 3 fully saturated rings. The minimum atomic E-state index is -0.797. The second kappa shape index (κ2) is 7.63. The first-order valence-electron chi connectivity index (χ1n) is 10.2. The third-order valence-electron chi connectivity index (χ3n) is 5.53. The van der Waals surface area contributed by atoms with Crippen molar-refractivity contribution in [1.29, 1.82) is 0 Å². The van der Waals surface area contributed by atoms with Crippen molar-refractivity contribution in [2.24, 2.45) is 0 Å². The van der Waals surface area contributed by atoms with Crippen molar-refractivity contribution < 1.29 is 33.2 Å². The minimum absolute atomic E-state index is 0.0439. The molecule has 0 N–H and O–H groups in total. The Bertz CT molecular complexity index is 732. The van der Waals surface area contributed by atoms with Gasteiger partial charge >= 0.3 is 5.97 Å². The zero-order chi connectivity index (χ0) is 20.8. The highest BCUT2D eigenvalue weighted by Gasteiger charge is 2.60. The number of hydrogen-bond acceptors (Lipinski definition) is 7. The van der Waals surface area contributed by atoms with Gasteiger partial charge in [0.1, 0.15) is 12.2 Å². The Morgan fingerprint density at radius 2 is 1.79 bits per heavy atom. The maximum atomic E-state index is 12.8. The molecule has 0 bridgehead atoms. The van der Waals surface area contributed by atoms with Gasteiger partial charge in [-0.1, -0.05) is 37.3 Å². The highest BCUT2D eigenvalue weighted by molar-refractivity contribution is 5.71. The van der Waals surface area contributed by atoms with Crippen molar-refractivity contribution in [2.75, 3.05) is 6.61 Å². The van der Waals surface area contributed by atoms with E-state index in [2.05, 4.69) is 0 Å². The molecule has 3 aliphatic rings. The lowest BCUT2D eigenvalue weighted by Crippen LogP contribution is -2.45. The number of fused-ring (bicyclic) bond motifs is 1. The first kappa shape index (κ1) is 20.8. The molecule has 1 aromatic carbocycles. The molecule has 0 aliphatic carbocycles. The van der Waals surface area contributed by atoms with E-state index >= 15 is 0 Å². The standard InChI is InChI=1S/C22H30O7/c1-13(14-9-7-6-8-10-14)11-16(23)25-18-17(15-12-24-21(2,3)27-15)26-20-19(18)28-22(4,5)29-20/h6-10,13,15,17-20H,11-12H2,1-5H3/t13-,15?,17+,18-,19+,20+/m0/s1. The number of hydrogen-bond donors (Lipinski definition) is 0. The Hall–Kier alpha value is -1.51. The molecule has 0 amide bonds. The third-order valence-corrected chi connectivity index (χ3v) is 5.53. The van der Waals surface area contributed by atoms with Crippen molar-refractivity contribution in [2.45, 2.75) is 89.2 Å². The molecular formula is C22H30O7. The predicted octanol–water partition coefficient (Wildman–Crippen LogP) is 3.12. The van der Waals surface area contributed by atoms with Crippen LogP contribution >= 0.6 is 0 Å². The summed E-state index contributed by atoms with van der Waals surface area (Å²) < 4.78 is 35.5. The highest BCUT2D eigenvalue weighted by atomic mass is 16.8. The molecule has 0 aromatic heterocycles. The summed E-state index contributed by atoms with van der Waals surface area (Å²) >= 11 is 0. The fourth-order valence-electron chi connectivity index (χ4n) is 4.16. The lowest BCUT2D eigenvalue weighted by molar-refractivity contribution is -0.235. The van der Waals surface area contributed by atoms with Gasteiger partial charge in [-0.15, -0.1) is 0 Å². The van der Waals surface area contributed by atoms with E-state index in [0.29, 0.717) is 6.61 Å². The van der Waals surface area contributed by atoms with E-state index in [1.54, 1.807) is 0 Å². The van der Waals surface area contributed by atoms with Gasteiger partial charge in [0.15, 0.2) is 30.1 Å². The zero-order valence-electron chi connectivity index (χ0n) is 17.6. The smallest absolute Gasteiger partial charge is 0.306 e. The molecular weight excluding hydrogens is 376 g/mol. The number of carbonyl (C=O) groups is 1. The van der Waals surface area contributed by atoms with Gasteiger partial charge in [0.25, 0.3) is 0 Å². The van der Waals surface area contributed by atoms with Crippen LogP contribution in [0, 0.1) is 0 Å². The monoisotopic (exact) mass is 406 g/mol. The van der Waals surface area contributed by atoms with Crippen molar-refractivity contribution in [3.8, 4) is 0 Å². The van der Waals surface area contributed by atoms with E-state index in [0.717, 1.165) is 5.56 Å². The molecule has 0 radical (unpaired) electrons. The van der Waals surface area contributed by atoms with E-state index in [4.69, 9.17) is 28.4 Å². The number of esters is 1. The molecule has 0 spiro atoms. The van der Waals surface area contributed by atoms with Crippen LogP contribution in [-0.2, 0) is 33.2 Å². The topological polar surface area (TPSA) is 72.5 Å². The average Bonchev–Trinajstić information content (AvgIpc) is 3.26. The second-order valence-electron chi connectivity index (χ2n) is 8.91. The summed E-state index contributed by atoms with van der Waals surface area (Å²) in [5, 5.41) is 0. The summed E-state index contributed by atoms with van der Waals surface area (Å²) in [6.07, 6.45) is -2.35. The number of carbonyl (C=O) groups excluding carboxylic acids is 1. The van der Waals surface area contributed by atoms with Crippen molar-refractivity contribution in [3.05, 3.63) is 35.9 Å². The van der Waals surface area contributed by atoms with Crippen molar-refractivity contribution in [3.63, 3.8) is 0 Å². The Kier molecular flexibility index (Phi) is 5.46. The summed E-state index contributed by atoms with van der Waals surface area (Å²) in [4.78, 5) is 12.8. The van der Waals surface area contributed by atoms with E-state index in [1.165, 1.54) is 0 Å². The van der Waals surface area contributed by atoms with Crippen LogP contribution in [0.25, 0.3) is 0 Å². The summed E-state index contributed by atoms with van der Waals surface area (Å²) in [5.41, 5.74) is 1.09. The molecule has 3 heterocycles. The lowest BCUT2D eigenvalue weighted by Gasteiger charge is -2.29. The zero-order valence-corrected chi connectivity index (χ0v) is 17.6. The molecule has 29 heavy (non-hydrogen) atoms. The Labute approximate surface area is 171 Å². The molecule has 3 aliphatic heterocycles. The quantitative estimate of drug-likeness (QED) is 0.696. The summed E-state index contributed by atoms with van der Waals surface area (Å²) in [7, 11) is 0. The maximum Gasteiger partial charge on any atom is 0.306 e. The normalized spacial score (nSPS) is 36.0. The first-order chi connectivity index (χ1) is 13.6. The van der Waals surface area contributed by atoms with E-state index in [1.807, 2.05) is 65.0 Å². The highest BCUT2D eigenvalue weighted by Crippen LogP contribution is 2.42.